The number of fused-ring (bicyclic) bond motifs is 9. The fourth-order valence-electron chi connectivity index (χ4n) is 9.46. The standard InChI is InChI=1S/C57H35N5S/c1-3-15-36(16-4-1)39-31-40(57-59-55(37-17-5-2-6-18-37)58-56(60-57)38-27-29-47-46-22-10-14-26-53(46)63-54(47)34-38)33-42(32-39)62-51-25-13-9-21-45(51)48-35-41(28-30-52(48)62)61-49-23-11-7-19-43(49)44-20-8-12-24-50(44)61/h1-35H. The Labute approximate surface area is 366 Å². The topological polar surface area (TPSA) is 48.5 Å². The molecule has 0 unspecified atom stereocenters. The number of thiophene rings is 1. The minimum atomic E-state index is 0.615. The fraction of sp³-hybridized carbons (Fsp3) is 0. The predicted octanol–water partition coefficient (Wildman–Crippen LogP) is 15.1. The lowest BCUT2D eigenvalue weighted by molar-refractivity contribution is 1.07. The Bertz CT molecular complexity index is 3860. The average Bonchev–Trinajstić information content (AvgIpc) is 4.01. The highest BCUT2D eigenvalue weighted by Crippen LogP contribution is 2.40. The van der Waals surface area contributed by atoms with Gasteiger partial charge in [0, 0.05) is 69.8 Å². The molecule has 6 heteroatoms. The lowest BCUT2D eigenvalue weighted by Gasteiger charge is -2.15. The van der Waals surface area contributed by atoms with E-state index in [-0.39, 0.29) is 0 Å². The summed E-state index contributed by atoms with van der Waals surface area (Å²) in [6.07, 6.45) is 0. The maximum atomic E-state index is 5.30. The van der Waals surface area contributed by atoms with Crippen molar-refractivity contribution in [2.45, 2.75) is 0 Å². The molecule has 0 saturated carbocycles. The third-order valence-electron chi connectivity index (χ3n) is 12.3. The first kappa shape index (κ1) is 35.6. The number of hydrogen-bond acceptors (Lipinski definition) is 4. The van der Waals surface area contributed by atoms with Gasteiger partial charge >= 0.3 is 0 Å². The van der Waals surface area contributed by atoms with Gasteiger partial charge in [-0.25, -0.2) is 15.0 Å². The van der Waals surface area contributed by atoms with E-state index in [9.17, 15) is 0 Å². The molecule has 13 rings (SSSR count). The van der Waals surface area contributed by atoms with Crippen LogP contribution in [0.3, 0.4) is 0 Å². The molecule has 294 valence electrons. The zero-order chi connectivity index (χ0) is 41.4. The first-order valence-electron chi connectivity index (χ1n) is 21.2. The van der Waals surface area contributed by atoms with Crippen molar-refractivity contribution >= 4 is 75.1 Å². The van der Waals surface area contributed by atoms with E-state index in [4.69, 9.17) is 15.0 Å². The molecule has 4 heterocycles. The number of para-hydroxylation sites is 3. The van der Waals surface area contributed by atoms with Crippen LogP contribution in [0.1, 0.15) is 0 Å². The molecule has 0 bridgehead atoms. The summed E-state index contributed by atoms with van der Waals surface area (Å²) in [4.78, 5) is 15.7. The van der Waals surface area contributed by atoms with Crippen LogP contribution in [0.4, 0.5) is 0 Å². The number of hydrogen-bond donors (Lipinski definition) is 0. The van der Waals surface area contributed by atoms with E-state index in [1.54, 1.807) is 11.3 Å². The molecule has 0 aliphatic rings. The van der Waals surface area contributed by atoms with E-state index in [0.29, 0.717) is 17.5 Å². The predicted molar refractivity (Wildman–Crippen MR) is 263 cm³/mol. The maximum Gasteiger partial charge on any atom is 0.164 e. The zero-order valence-electron chi connectivity index (χ0n) is 33.9. The molecule has 0 fully saturated rings. The molecule has 4 aromatic heterocycles. The summed E-state index contributed by atoms with van der Waals surface area (Å²) in [5.74, 6) is 1.89. The summed E-state index contributed by atoms with van der Waals surface area (Å²) in [5.41, 5.74) is 11.8. The first-order valence-corrected chi connectivity index (χ1v) is 22.0. The molecule has 0 spiro atoms. The van der Waals surface area contributed by atoms with Crippen LogP contribution < -0.4 is 0 Å². The molecule has 13 aromatic rings. The number of aromatic nitrogens is 5. The second-order valence-electron chi connectivity index (χ2n) is 16.0. The highest BCUT2D eigenvalue weighted by atomic mass is 32.1. The molecule has 0 N–H and O–H groups in total. The number of rotatable bonds is 6. The van der Waals surface area contributed by atoms with Gasteiger partial charge in [-0.3, -0.25) is 0 Å². The van der Waals surface area contributed by atoms with Gasteiger partial charge < -0.3 is 9.13 Å². The van der Waals surface area contributed by atoms with E-state index in [2.05, 4.69) is 203 Å². The van der Waals surface area contributed by atoms with Crippen molar-refractivity contribution in [2.24, 2.45) is 0 Å². The summed E-state index contributed by atoms with van der Waals surface area (Å²) in [6.45, 7) is 0. The Balaban J connectivity index is 1.03. The van der Waals surface area contributed by atoms with Crippen molar-refractivity contribution in [1.29, 1.82) is 0 Å². The highest BCUT2D eigenvalue weighted by Gasteiger charge is 2.20. The Morgan fingerprint density at radius 3 is 1.44 bits per heavy atom. The Kier molecular flexibility index (Phi) is 8.01. The quantitative estimate of drug-likeness (QED) is 0.168. The summed E-state index contributed by atoms with van der Waals surface area (Å²) in [6, 6.07) is 75.7. The third kappa shape index (κ3) is 5.80. The van der Waals surface area contributed by atoms with Crippen molar-refractivity contribution in [2.75, 3.05) is 0 Å². The highest BCUT2D eigenvalue weighted by molar-refractivity contribution is 7.25. The number of nitrogens with zero attached hydrogens (tertiary/aromatic N) is 5. The van der Waals surface area contributed by atoms with Crippen LogP contribution in [-0.4, -0.2) is 24.1 Å². The van der Waals surface area contributed by atoms with Gasteiger partial charge in [0.05, 0.1) is 22.1 Å². The molecule has 9 aromatic carbocycles. The summed E-state index contributed by atoms with van der Waals surface area (Å²) in [7, 11) is 0. The Morgan fingerprint density at radius 1 is 0.270 bits per heavy atom. The van der Waals surface area contributed by atoms with Crippen molar-refractivity contribution in [1.82, 2.24) is 24.1 Å². The van der Waals surface area contributed by atoms with Crippen LogP contribution in [0.5, 0.6) is 0 Å². The van der Waals surface area contributed by atoms with Crippen LogP contribution in [0, 0.1) is 0 Å². The number of benzene rings is 9. The Morgan fingerprint density at radius 2 is 0.762 bits per heavy atom. The van der Waals surface area contributed by atoms with E-state index < -0.39 is 0 Å². The van der Waals surface area contributed by atoms with Crippen molar-refractivity contribution in [3.8, 4) is 56.7 Å². The van der Waals surface area contributed by atoms with Crippen LogP contribution in [-0.2, 0) is 0 Å². The lowest BCUT2D eigenvalue weighted by atomic mass is 10.0. The van der Waals surface area contributed by atoms with Gasteiger partial charge in [0.15, 0.2) is 17.5 Å². The summed E-state index contributed by atoms with van der Waals surface area (Å²) < 4.78 is 7.26. The molecular weight excluding hydrogens is 787 g/mol. The second kappa shape index (κ2) is 14.2. The van der Waals surface area contributed by atoms with Crippen LogP contribution >= 0.6 is 11.3 Å². The van der Waals surface area contributed by atoms with E-state index in [0.717, 1.165) is 50.2 Å². The SMILES string of the molecule is c1ccc(-c2cc(-c3nc(-c4ccccc4)nc(-c4ccc5c(c4)sc4ccccc45)n3)cc(-n3c4ccccc4c4cc(-n5c6ccccc6c6ccccc65)ccc43)c2)cc1. The molecule has 0 atom stereocenters. The second-order valence-corrected chi connectivity index (χ2v) is 17.1. The van der Waals surface area contributed by atoms with Gasteiger partial charge in [0.1, 0.15) is 0 Å². The third-order valence-corrected chi connectivity index (χ3v) is 13.5. The smallest absolute Gasteiger partial charge is 0.164 e. The van der Waals surface area contributed by atoms with Crippen molar-refractivity contribution in [3.63, 3.8) is 0 Å². The molecule has 0 saturated heterocycles. The largest absolute Gasteiger partial charge is 0.309 e. The summed E-state index contributed by atoms with van der Waals surface area (Å²) >= 11 is 1.80. The van der Waals surface area contributed by atoms with Gasteiger partial charge in [-0.05, 0) is 77.9 Å². The molecule has 63 heavy (non-hydrogen) atoms. The van der Waals surface area contributed by atoms with Gasteiger partial charge in [-0.2, -0.15) is 0 Å². The van der Waals surface area contributed by atoms with E-state index in [1.165, 1.54) is 52.8 Å². The Hall–Kier alpha value is -8.19. The monoisotopic (exact) mass is 821 g/mol. The van der Waals surface area contributed by atoms with Crippen molar-refractivity contribution < 1.29 is 0 Å². The summed E-state index contributed by atoms with van der Waals surface area (Å²) in [5, 5.41) is 7.38. The fourth-order valence-corrected chi connectivity index (χ4v) is 10.6. The zero-order valence-corrected chi connectivity index (χ0v) is 34.7. The molecule has 0 aliphatic heterocycles. The normalized spacial score (nSPS) is 11.8. The average molecular weight is 822 g/mol. The molecular formula is C57H35N5S. The molecule has 5 nitrogen and oxygen atoms in total. The molecule has 0 amide bonds. The van der Waals surface area contributed by atoms with Crippen molar-refractivity contribution in [3.05, 3.63) is 212 Å². The molecule has 0 radical (unpaired) electrons. The van der Waals surface area contributed by atoms with Gasteiger partial charge in [-0.15, -0.1) is 11.3 Å². The van der Waals surface area contributed by atoms with Crippen LogP contribution in [0.15, 0.2) is 212 Å². The minimum Gasteiger partial charge on any atom is -0.309 e. The first-order chi connectivity index (χ1) is 31.2. The lowest BCUT2D eigenvalue weighted by Crippen LogP contribution is -2.02. The minimum absolute atomic E-state index is 0.615. The molecule has 0 aliphatic carbocycles. The van der Waals surface area contributed by atoms with E-state index in [1.807, 2.05) is 18.2 Å². The van der Waals surface area contributed by atoms with Gasteiger partial charge in [-0.1, -0.05) is 146 Å². The van der Waals surface area contributed by atoms with Crippen LogP contribution in [0.25, 0.3) is 120 Å². The van der Waals surface area contributed by atoms with Gasteiger partial charge in [0.2, 0.25) is 0 Å². The van der Waals surface area contributed by atoms with Crippen LogP contribution in [0.2, 0.25) is 0 Å². The van der Waals surface area contributed by atoms with Gasteiger partial charge in [0.25, 0.3) is 0 Å². The maximum absolute atomic E-state index is 5.30. The van der Waals surface area contributed by atoms with E-state index >= 15 is 0 Å².